The van der Waals surface area contributed by atoms with Crippen LogP contribution in [-0.2, 0) is 7.05 Å². The minimum atomic E-state index is -0.0842. The highest BCUT2D eigenvalue weighted by molar-refractivity contribution is 6.35. The van der Waals surface area contributed by atoms with Crippen LogP contribution in [0.2, 0.25) is 10.0 Å². The first kappa shape index (κ1) is 14.8. The summed E-state index contributed by atoms with van der Waals surface area (Å²) in [6.45, 7) is 3.69. The molecule has 1 heterocycles. The third-order valence-electron chi connectivity index (χ3n) is 3.13. The molecule has 20 heavy (non-hydrogen) atoms. The summed E-state index contributed by atoms with van der Waals surface area (Å²) in [5.41, 5.74) is 2.96. The zero-order chi connectivity index (χ0) is 14.9. The van der Waals surface area contributed by atoms with Crippen molar-refractivity contribution in [3.63, 3.8) is 0 Å². The molecule has 0 N–H and O–H groups in total. The molecule has 0 saturated carbocycles. The maximum atomic E-state index is 12.2. The molecule has 0 aliphatic rings. The number of nitrogens with zero attached hydrogens (tertiary/aromatic N) is 2. The van der Waals surface area contributed by atoms with Crippen LogP contribution < -0.4 is 0 Å². The van der Waals surface area contributed by atoms with Gasteiger partial charge in [-0.1, -0.05) is 29.3 Å². The molecule has 1 aromatic heterocycles. The zero-order valence-corrected chi connectivity index (χ0v) is 13.0. The van der Waals surface area contributed by atoms with Gasteiger partial charge < -0.3 is 0 Å². The van der Waals surface area contributed by atoms with Crippen LogP contribution in [0, 0.1) is 13.8 Å². The lowest BCUT2D eigenvalue weighted by atomic mass is 10.1. The van der Waals surface area contributed by atoms with Crippen LogP contribution in [0.4, 0.5) is 0 Å². The van der Waals surface area contributed by atoms with E-state index in [-0.39, 0.29) is 5.78 Å². The molecule has 2 aromatic rings. The lowest BCUT2D eigenvalue weighted by molar-refractivity contribution is 0.104. The average Bonchev–Trinajstić information content (AvgIpc) is 2.62. The van der Waals surface area contributed by atoms with Gasteiger partial charge in [-0.05, 0) is 43.7 Å². The highest BCUT2D eigenvalue weighted by Crippen LogP contribution is 2.22. The molecule has 2 rings (SSSR count). The van der Waals surface area contributed by atoms with Crippen molar-refractivity contribution < 1.29 is 4.79 Å². The highest BCUT2D eigenvalue weighted by atomic mass is 35.5. The van der Waals surface area contributed by atoms with Gasteiger partial charge >= 0.3 is 0 Å². The van der Waals surface area contributed by atoms with Crippen LogP contribution in [0.3, 0.4) is 0 Å². The number of benzene rings is 1. The van der Waals surface area contributed by atoms with Crippen LogP contribution in [0.15, 0.2) is 24.3 Å². The Balaban J connectivity index is 2.29. The van der Waals surface area contributed by atoms with Crippen molar-refractivity contribution in [2.24, 2.45) is 7.05 Å². The predicted molar refractivity (Wildman–Crippen MR) is 82.5 cm³/mol. The van der Waals surface area contributed by atoms with Crippen molar-refractivity contribution in [2.75, 3.05) is 0 Å². The smallest absolute Gasteiger partial charge is 0.189 e. The Bertz CT molecular complexity index is 702. The Kier molecular flexibility index (Phi) is 4.31. The van der Waals surface area contributed by atoms with E-state index in [2.05, 4.69) is 5.10 Å². The molecule has 0 spiro atoms. The Morgan fingerprint density at radius 1 is 1.30 bits per heavy atom. The molecule has 0 amide bonds. The van der Waals surface area contributed by atoms with Gasteiger partial charge in [-0.2, -0.15) is 5.10 Å². The standard InChI is InChI=1S/C15H14Cl2N2O/c1-9-15(10(2)19(3)18-9)14(20)7-5-11-4-6-12(16)8-13(11)17/h4-8H,1-3H3/b7-5+. The van der Waals surface area contributed by atoms with Gasteiger partial charge in [0.05, 0.1) is 11.3 Å². The normalized spacial score (nSPS) is 11.2. The van der Waals surface area contributed by atoms with E-state index >= 15 is 0 Å². The van der Waals surface area contributed by atoms with E-state index in [1.165, 1.54) is 6.08 Å². The summed E-state index contributed by atoms with van der Waals surface area (Å²) in [5, 5.41) is 5.32. The van der Waals surface area contributed by atoms with Crippen molar-refractivity contribution >= 4 is 35.1 Å². The monoisotopic (exact) mass is 308 g/mol. The fourth-order valence-corrected chi connectivity index (χ4v) is 2.49. The summed E-state index contributed by atoms with van der Waals surface area (Å²) < 4.78 is 1.70. The van der Waals surface area contributed by atoms with E-state index in [9.17, 15) is 4.79 Å². The molecule has 0 aliphatic heterocycles. The molecule has 0 bridgehead atoms. The minimum absolute atomic E-state index is 0.0842. The van der Waals surface area contributed by atoms with Gasteiger partial charge in [0.15, 0.2) is 5.78 Å². The molecule has 104 valence electrons. The van der Waals surface area contributed by atoms with E-state index in [0.29, 0.717) is 15.6 Å². The second kappa shape index (κ2) is 5.81. The second-order valence-corrected chi connectivity index (χ2v) is 5.38. The number of aryl methyl sites for hydroxylation is 2. The number of carbonyl (C=O) groups excluding carboxylic acids is 1. The Morgan fingerprint density at radius 2 is 2.00 bits per heavy atom. The second-order valence-electron chi connectivity index (χ2n) is 4.53. The van der Waals surface area contributed by atoms with Crippen molar-refractivity contribution in [3.8, 4) is 0 Å². The Morgan fingerprint density at radius 3 is 2.55 bits per heavy atom. The first-order valence-corrected chi connectivity index (χ1v) is 6.83. The average molecular weight is 309 g/mol. The van der Waals surface area contributed by atoms with Gasteiger partial charge in [0.2, 0.25) is 0 Å². The van der Waals surface area contributed by atoms with Gasteiger partial charge in [0, 0.05) is 22.8 Å². The first-order chi connectivity index (χ1) is 9.40. The van der Waals surface area contributed by atoms with Crippen molar-refractivity contribution in [2.45, 2.75) is 13.8 Å². The van der Waals surface area contributed by atoms with Crippen LogP contribution in [0.25, 0.3) is 6.08 Å². The molecule has 3 nitrogen and oxygen atoms in total. The van der Waals surface area contributed by atoms with Gasteiger partial charge in [-0.15, -0.1) is 0 Å². The molecule has 1 aromatic carbocycles. The third kappa shape index (κ3) is 2.94. The van der Waals surface area contributed by atoms with Crippen molar-refractivity contribution in [1.82, 2.24) is 9.78 Å². The largest absolute Gasteiger partial charge is 0.289 e. The maximum absolute atomic E-state index is 12.2. The molecule has 0 unspecified atom stereocenters. The highest BCUT2D eigenvalue weighted by Gasteiger charge is 2.14. The number of carbonyl (C=O) groups is 1. The summed E-state index contributed by atoms with van der Waals surface area (Å²) in [6, 6.07) is 5.16. The number of allylic oxidation sites excluding steroid dienone is 1. The molecule has 0 aliphatic carbocycles. The van der Waals surface area contributed by atoms with Crippen LogP contribution >= 0.6 is 23.2 Å². The van der Waals surface area contributed by atoms with Gasteiger partial charge in [0.25, 0.3) is 0 Å². The quantitative estimate of drug-likeness (QED) is 0.628. The maximum Gasteiger partial charge on any atom is 0.189 e. The van der Waals surface area contributed by atoms with Gasteiger partial charge in [-0.3, -0.25) is 9.48 Å². The molecule has 0 fully saturated rings. The fraction of sp³-hybridized carbons (Fsp3) is 0.200. The van der Waals surface area contributed by atoms with Gasteiger partial charge in [0.1, 0.15) is 0 Å². The molecular weight excluding hydrogens is 295 g/mol. The first-order valence-electron chi connectivity index (χ1n) is 6.08. The number of ketones is 1. The topological polar surface area (TPSA) is 34.9 Å². The lowest BCUT2D eigenvalue weighted by Crippen LogP contribution is -1.99. The van der Waals surface area contributed by atoms with E-state index in [1.54, 1.807) is 29.0 Å². The molecule has 0 saturated heterocycles. The number of halogens is 2. The van der Waals surface area contributed by atoms with Crippen LogP contribution in [0.1, 0.15) is 27.3 Å². The zero-order valence-electron chi connectivity index (χ0n) is 11.4. The number of aromatic nitrogens is 2. The summed E-state index contributed by atoms with van der Waals surface area (Å²) >= 11 is 11.9. The Hall–Kier alpha value is -1.58. The molecule has 0 atom stereocenters. The predicted octanol–water partition coefficient (Wildman–Crippen LogP) is 4.24. The number of rotatable bonds is 3. The summed E-state index contributed by atoms with van der Waals surface area (Å²) in [4.78, 5) is 12.2. The van der Waals surface area contributed by atoms with E-state index in [0.717, 1.165) is 17.0 Å². The summed E-state index contributed by atoms with van der Waals surface area (Å²) in [6.07, 6.45) is 3.19. The molecular formula is C15H14Cl2N2O. The van der Waals surface area contributed by atoms with E-state index in [4.69, 9.17) is 23.2 Å². The van der Waals surface area contributed by atoms with Crippen LogP contribution in [0.5, 0.6) is 0 Å². The summed E-state index contributed by atoms with van der Waals surface area (Å²) in [5.74, 6) is -0.0842. The minimum Gasteiger partial charge on any atom is -0.289 e. The third-order valence-corrected chi connectivity index (χ3v) is 3.69. The van der Waals surface area contributed by atoms with E-state index in [1.807, 2.05) is 20.9 Å². The number of hydrogen-bond donors (Lipinski definition) is 0. The van der Waals surface area contributed by atoms with Crippen molar-refractivity contribution in [1.29, 1.82) is 0 Å². The van der Waals surface area contributed by atoms with Gasteiger partial charge in [-0.25, -0.2) is 0 Å². The van der Waals surface area contributed by atoms with Crippen molar-refractivity contribution in [3.05, 3.63) is 56.8 Å². The summed E-state index contributed by atoms with van der Waals surface area (Å²) in [7, 11) is 1.82. The SMILES string of the molecule is Cc1nn(C)c(C)c1C(=O)/C=C/c1ccc(Cl)cc1Cl. The number of hydrogen-bond acceptors (Lipinski definition) is 2. The van der Waals surface area contributed by atoms with Crippen LogP contribution in [-0.4, -0.2) is 15.6 Å². The van der Waals surface area contributed by atoms with E-state index < -0.39 is 0 Å². The Labute approximate surface area is 127 Å². The molecule has 0 radical (unpaired) electrons. The lowest BCUT2D eigenvalue weighted by Gasteiger charge is -1.99. The fourth-order valence-electron chi connectivity index (χ4n) is 2.02. The molecule has 5 heteroatoms.